The Balaban J connectivity index is 1.65. The first kappa shape index (κ1) is 17.7. The van der Waals surface area contributed by atoms with Crippen molar-refractivity contribution >= 4 is 16.5 Å². The van der Waals surface area contributed by atoms with E-state index >= 15 is 0 Å². The lowest BCUT2D eigenvalue weighted by molar-refractivity contribution is 0.836. The molecule has 0 saturated carbocycles. The summed E-state index contributed by atoms with van der Waals surface area (Å²) >= 11 is 0. The smallest absolute Gasteiger partial charge is 0.258 e. The number of aromatic nitrogens is 1. The lowest BCUT2D eigenvalue weighted by Gasteiger charge is -2.21. The fraction of sp³-hybridized carbons (Fsp3) is 0.192. The first-order chi connectivity index (χ1) is 14.1. The number of rotatable bonds is 3. The summed E-state index contributed by atoms with van der Waals surface area (Å²) in [4.78, 5) is 15.1. The van der Waals surface area contributed by atoms with E-state index < -0.39 is 0 Å². The summed E-state index contributed by atoms with van der Waals surface area (Å²) in [6, 6.07) is 23.1. The predicted octanol–water partition coefficient (Wildman–Crippen LogP) is 5.08. The van der Waals surface area contributed by atoms with Gasteiger partial charge in [0.15, 0.2) is 0 Å². The third kappa shape index (κ3) is 3.03. The molecule has 0 spiro atoms. The summed E-state index contributed by atoms with van der Waals surface area (Å²) in [7, 11) is 1.83. The molecule has 1 aromatic heterocycles. The second-order valence-corrected chi connectivity index (χ2v) is 7.95. The van der Waals surface area contributed by atoms with Crippen molar-refractivity contribution in [3.05, 3.63) is 100.0 Å². The number of pyridine rings is 1. The van der Waals surface area contributed by atoms with E-state index in [1.165, 1.54) is 27.9 Å². The second-order valence-electron chi connectivity index (χ2n) is 7.95. The summed E-state index contributed by atoms with van der Waals surface area (Å²) in [5.41, 5.74) is 7.75. The van der Waals surface area contributed by atoms with Crippen molar-refractivity contribution in [3.63, 3.8) is 0 Å². The van der Waals surface area contributed by atoms with Crippen LogP contribution in [0.25, 0.3) is 21.9 Å². The lowest BCUT2D eigenvalue weighted by atomic mass is 9.95. The van der Waals surface area contributed by atoms with E-state index in [0.29, 0.717) is 0 Å². The van der Waals surface area contributed by atoms with Crippen molar-refractivity contribution < 1.29 is 0 Å². The van der Waals surface area contributed by atoms with Gasteiger partial charge in [-0.25, -0.2) is 0 Å². The van der Waals surface area contributed by atoms with Crippen molar-refractivity contribution in [2.75, 3.05) is 11.4 Å². The van der Waals surface area contributed by atoms with Crippen molar-refractivity contribution in [1.82, 2.24) is 4.57 Å². The maximum Gasteiger partial charge on any atom is 0.258 e. The molecule has 0 bridgehead atoms. The van der Waals surface area contributed by atoms with Gasteiger partial charge in [0.1, 0.15) is 0 Å². The van der Waals surface area contributed by atoms with Crippen LogP contribution >= 0.6 is 0 Å². The van der Waals surface area contributed by atoms with Gasteiger partial charge in [-0.3, -0.25) is 4.79 Å². The largest absolute Gasteiger partial charge is 0.367 e. The van der Waals surface area contributed by atoms with Crippen LogP contribution in [-0.2, 0) is 20.0 Å². The van der Waals surface area contributed by atoms with Crippen LogP contribution in [0.15, 0.2) is 77.7 Å². The van der Waals surface area contributed by atoms with Gasteiger partial charge in [-0.15, -0.1) is 0 Å². The van der Waals surface area contributed by atoms with Gasteiger partial charge in [0.05, 0.1) is 0 Å². The highest BCUT2D eigenvalue weighted by Crippen LogP contribution is 2.37. The summed E-state index contributed by atoms with van der Waals surface area (Å²) in [5, 5.41) is 1.79. The lowest BCUT2D eigenvalue weighted by Crippen LogP contribution is -2.19. The van der Waals surface area contributed by atoms with Crippen LogP contribution in [0, 0.1) is 6.92 Å². The average Bonchev–Trinajstić information content (AvgIpc) is 3.15. The van der Waals surface area contributed by atoms with Crippen LogP contribution in [0.5, 0.6) is 0 Å². The molecule has 4 aromatic rings. The molecule has 29 heavy (non-hydrogen) atoms. The molecule has 3 heteroatoms. The fourth-order valence-corrected chi connectivity index (χ4v) is 4.54. The topological polar surface area (TPSA) is 25.2 Å². The number of hydrogen-bond acceptors (Lipinski definition) is 2. The zero-order chi connectivity index (χ0) is 20.0. The Hall–Kier alpha value is -3.33. The van der Waals surface area contributed by atoms with E-state index in [4.69, 9.17) is 0 Å². The second kappa shape index (κ2) is 6.93. The van der Waals surface area contributed by atoms with Gasteiger partial charge in [-0.2, -0.15) is 0 Å². The maximum atomic E-state index is 12.6. The van der Waals surface area contributed by atoms with Crippen LogP contribution in [0.2, 0.25) is 0 Å². The normalized spacial score (nSPS) is 13.1. The molecule has 5 rings (SSSR count). The third-order valence-corrected chi connectivity index (χ3v) is 6.04. The van der Waals surface area contributed by atoms with E-state index in [-0.39, 0.29) is 5.56 Å². The number of anilines is 1. The first-order valence-electron chi connectivity index (χ1n) is 10.1. The molecule has 1 aliphatic rings. The van der Waals surface area contributed by atoms with Gasteiger partial charge in [-0.1, -0.05) is 54.6 Å². The zero-order valence-corrected chi connectivity index (χ0v) is 16.9. The third-order valence-electron chi connectivity index (χ3n) is 6.04. The van der Waals surface area contributed by atoms with Gasteiger partial charge in [-0.05, 0) is 53.1 Å². The van der Waals surface area contributed by atoms with Crippen LogP contribution < -0.4 is 10.5 Å². The first-order valence-corrected chi connectivity index (χ1v) is 10.1. The van der Waals surface area contributed by atoms with Crippen LogP contribution in [0.4, 0.5) is 5.69 Å². The molecule has 0 fully saturated rings. The number of fused-ring (bicyclic) bond motifs is 2. The quantitative estimate of drug-likeness (QED) is 0.495. The maximum absolute atomic E-state index is 12.6. The minimum absolute atomic E-state index is 0.0490. The Morgan fingerprint density at radius 3 is 2.45 bits per heavy atom. The Morgan fingerprint density at radius 2 is 1.66 bits per heavy atom. The van der Waals surface area contributed by atoms with Crippen LogP contribution in [0.3, 0.4) is 0 Å². The van der Waals surface area contributed by atoms with Crippen LogP contribution in [-0.4, -0.2) is 11.1 Å². The molecule has 144 valence electrons. The molecule has 0 unspecified atom stereocenters. The molecule has 0 N–H and O–H groups in total. The number of nitrogens with zero attached hydrogens (tertiary/aromatic N) is 2. The van der Waals surface area contributed by atoms with Crippen molar-refractivity contribution in [2.45, 2.75) is 19.9 Å². The Labute approximate surface area is 170 Å². The molecular weight excluding hydrogens is 356 g/mol. The average molecular weight is 380 g/mol. The summed E-state index contributed by atoms with van der Waals surface area (Å²) < 4.78 is 1.70. The van der Waals surface area contributed by atoms with E-state index in [1.54, 1.807) is 4.57 Å². The number of aryl methyl sites for hydroxylation is 2. The number of benzene rings is 3. The minimum atomic E-state index is 0.0490. The molecule has 0 aliphatic carbocycles. The molecule has 0 radical (unpaired) electrons. The fourth-order valence-electron chi connectivity index (χ4n) is 4.54. The number of hydrogen-bond donors (Lipinski definition) is 0. The SMILES string of the molecule is Cc1cc(-c2cn(C)c(=O)c3ccccc23)cc2c1CCN2Cc1ccccc1. The van der Waals surface area contributed by atoms with E-state index in [2.05, 4.69) is 60.4 Å². The monoisotopic (exact) mass is 380 g/mol. The van der Waals surface area contributed by atoms with E-state index in [1.807, 2.05) is 31.4 Å². The van der Waals surface area contributed by atoms with Crippen molar-refractivity contribution in [2.24, 2.45) is 7.05 Å². The Kier molecular flexibility index (Phi) is 4.24. The Morgan fingerprint density at radius 1 is 0.931 bits per heavy atom. The molecular formula is C26H24N2O. The molecule has 0 amide bonds. The van der Waals surface area contributed by atoms with Gasteiger partial charge >= 0.3 is 0 Å². The molecule has 2 heterocycles. The highest BCUT2D eigenvalue weighted by molar-refractivity contribution is 5.96. The van der Waals surface area contributed by atoms with E-state index in [9.17, 15) is 4.79 Å². The molecule has 3 nitrogen and oxygen atoms in total. The summed E-state index contributed by atoms with van der Waals surface area (Å²) in [5.74, 6) is 0. The summed E-state index contributed by atoms with van der Waals surface area (Å²) in [6.45, 7) is 4.17. The molecule has 0 saturated heterocycles. The standard InChI is InChI=1S/C26H24N2O/c1-18-14-20(24-17-27(2)26(29)23-11-7-6-10-22(23)24)15-25-21(18)12-13-28(25)16-19-8-4-3-5-9-19/h3-11,14-15,17H,12-13,16H2,1-2H3. The minimum Gasteiger partial charge on any atom is -0.367 e. The zero-order valence-electron chi connectivity index (χ0n) is 16.9. The molecule has 1 aliphatic heterocycles. The van der Waals surface area contributed by atoms with Gasteiger partial charge in [0.2, 0.25) is 0 Å². The highest BCUT2D eigenvalue weighted by atomic mass is 16.1. The molecule has 0 atom stereocenters. The molecule has 3 aromatic carbocycles. The predicted molar refractivity (Wildman–Crippen MR) is 121 cm³/mol. The highest BCUT2D eigenvalue weighted by Gasteiger charge is 2.22. The Bertz CT molecular complexity index is 1270. The van der Waals surface area contributed by atoms with Gasteiger partial charge in [0.25, 0.3) is 5.56 Å². The van der Waals surface area contributed by atoms with Gasteiger partial charge < -0.3 is 9.47 Å². The van der Waals surface area contributed by atoms with E-state index in [0.717, 1.165) is 35.8 Å². The van der Waals surface area contributed by atoms with Gasteiger partial charge in [0, 0.05) is 43.0 Å². The van der Waals surface area contributed by atoms with Crippen molar-refractivity contribution in [1.29, 1.82) is 0 Å². The summed E-state index contributed by atoms with van der Waals surface area (Å²) in [6.07, 6.45) is 3.06. The van der Waals surface area contributed by atoms with Crippen molar-refractivity contribution in [3.8, 4) is 11.1 Å². The van der Waals surface area contributed by atoms with Crippen LogP contribution in [0.1, 0.15) is 16.7 Å².